The Hall–Kier alpha value is -1.85. The Bertz CT molecular complexity index is 537. The molecule has 104 valence electrons. The quantitative estimate of drug-likeness (QED) is 0.897. The summed E-state index contributed by atoms with van der Waals surface area (Å²) in [6, 6.07) is 5.90. The van der Waals surface area contributed by atoms with Crippen LogP contribution in [0.3, 0.4) is 0 Å². The number of pyridine rings is 1. The molecule has 1 N–H and O–H groups in total. The van der Waals surface area contributed by atoms with Crippen molar-refractivity contribution in [1.29, 1.82) is 0 Å². The Kier molecular flexibility index (Phi) is 4.30. The van der Waals surface area contributed by atoms with Gasteiger partial charge in [-0.3, -0.25) is 4.98 Å². The Balaban J connectivity index is 1.65. The van der Waals surface area contributed by atoms with Crippen LogP contribution in [0.15, 0.2) is 36.8 Å². The van der Waals surface area contributed by atoms with Crippen molar-refractivity contribution in [3.05, 3.63) is 42.6 Å². The first-order chi connectivity index (χ1) is 9.92. The van der Waals surface area contributed by atoms with Gasteiger partial charge in [0.25, 0.3) is 0 Å². The van der Waals surface area contributed by atoms with Gasteiger partial charge in [0, 0.05) is 63.3 Å². The van der Waals surface area contributed by atoms with E-state index in [0.29, 0.717) is 0 Å². The van der Waals surface area contributed by atoms with Crippen LogP contribution >= 0.6 is 0 Å². The smallest absolute Gasteiger partial charge is 0.130 e. The zero-order valence-corrected chi connectivity index (χ0v) is 11.5. The van der Waals surface area contributed by atoms with Gasteiger partial charge in [-0.2, -0.15) is 0 Å². The molecule has 0 spiro atoms. The summed E-state index contributed by atoms with van der Waals surface area (Å²) >= 11 is 0. The molecule has 5 heteroatoms. The van der Waals surface area contributed by atoms with Gasteiger partial charge < -0.3 is 10.2 Å². The van der Waals surface area contributed by atoms with Crippen LogP contribution in [0.25, 0.3) is 11.3 Å². The van der Waals surface area contributed by atoms with Crippen molar-refractivity contribution in [2.75, 3.05) is 32.7 Å². The second-order valence-corrected chi connectivity index (χ2v) is 4.94. The molecule has 0 aromatic carbocycles. The molecule has 1 aliphatic heterocycles. The largest absolute Gasteiger partial charge is 0.314 e. The molecule has 3 heterocycles. The van der Waals surface area contributed by atoms with Gasteiger partial charge in [-0.1, -0.05) is 0 Å². The highest BCUT2D eigenvalue weighted by Gasteiger charge is 2.10. The predicted octanol–water partition coefficient (Wildman–Crippen LogP) is 0.986. The lowest BCUT2D eigenvalue weighted by Crippen LogP contribution is -2.44. The average Bonchev–Trinajstić information content (AvgIpc) is 2.55. The first-order valence-electron chi connectivity index (χ1n) is 7.07. The second-order valence-electron chi connectivity index (χ2n) is 4.94. The monoisotopic (exact) mass is 269 g/mol. The van der Waals surface area contributed by atoms with Gasteiger partial charge in [0.1, 0.15) is 5.82 Å². The summed E-state index contributed by atoms with van der Waals surface area (Å²) in [5.41, 5.74) is 2.06. The number of hydrogen-bond donors (Lipinski definition) is 1. The highest BCUT2D eigenvalue weighted by atomic mass is 15.2. The van der Waals surface area contributed by atoms with E-state index in [2.05, 4.69) is 25.2 Å². The van der Waals surface area contributed by atoms with Gasteiger partial charge in [-0.05, 0) is 18.2 Å². The molecule has 3 rings (SSSR count). The van der Waals surface area contributed by atoms with Crippen LogP contribution in [0.5, 0.6) is 0 Å². The highest BCUT2D eigenvalue weighted by Crippen LogP contribution is 2.14. The molecule has 2 aromatic heterocycles. The SMILES string of the molecule is c1cc(-c2ccnc(CCN3CCNCC3)n2)ccn1. The van der Waals surface area contributed by atoms with Crippen LogP contribution in [-0.2, 0) is 6.42 Å². The number of nitrogens with zero attached hydrogens (tertiary/aromatic N) is 4. The van der Waals surface area contributed by atoms with Gasteiger partial charge in [-0.15, -0.1) is 0 Å². The minimum atomic E-state index is 0.902. The molecule has 5 nitrogen and oxygen atoms in total. The number of rotatable bonds is 4. The van der Waals surface area contributed by atoms with Crippen molar-refractivity contribution < 1.29 is 0 Å². The maximum atomic E-state index is 4.65. The fourth-order valence-electron chi connectivity index (χ4n) is 2.40. The summed E-state index contributed by atoms with van der Waals surface area (Å²) in [5.74, 6) is 0.915. The molecule has 0 amide bonds. The zero-order chi connectivity index (χ0) is 13.6. The maximum absolute atomic E-state index is 4.65. The molecule has 1 saturated heterocycles. The average molecular weight is 269 g/mol. The van der Waals surface area contributed by atoms with E-state index in [9.17, 15) is 0 Å². The van der Waals surface area contributed by atoms with Crippen molar-refractivity contribution in [1.82, 2.24) is 25.2 Å². The van der Waals surface area contributed by atoms with Crippen molar-refractivity contribution in [2.45, 2.75) is 6.42 Å². The zero-order valence-electron chi connectivity index (χ0n) is 11.5. The summed E-state index contributed by atoms with van der Waals surface area (Å²) in [6.07, 6.45) is 6.32. The maximum Gasteiger partial charge on any atom is 0.130 e. The molecule has 0 unspecified atom stereocenters. The van der Waals surface area contributed by atoms with Gasteiger partial charge in [0.2, 0.25) is 0 Å². The standard InChI is InChI=1S/C15H19N5/c1-5-16-6-2-13(1)14-3-7-18-15(19-14)4-10-20-11-8-17-9-12-20/h1-3,5-7,17H,4,8-12H2. The van der Waals surface area contributed by atoms with Crippen LogP contribution in [0.4, 0.5) is 0 Å². The molecule has 0 bridgehead atoms. The predicted molar refractivity (Wildman–Crippen MR) is 78.3 cm³/mol. The third-order valence-electron chi connectivity index (χ3n) is 3.54. The minimum Gasteiger partial charge on any atom is -0.314 e. The molecule has 0 saturated carbocycles. The first kappa shape index (κ1) is 13.1. The van der Waals surface area contributed by atoms with Gasteiger partial charge in [0.15, 0.2) is 0 Å². The molecule has 0 aliphatic carbocycles. The fourth-order valence-corrected chi connectivity index (χ4v) is 2.40. The second kappa shape index (κ2) is 6.54. The number of piperazine rings is 1. The Labute approximate surface area is 119 Å². The van der Waals surface area contributed by atoms with E-state index in [1.165, 1.54) is 0 Å². The van der Waals surface area contributed by atoms with E-state index in [-0.39, 0.29) is 0 Å². The third-order valence-corrected chi connectivity index (χ3v) is 3.54. The van der Waals surface area contributed by atoms with E-state index >= 15 is 0 Å². The lowest BCUT2D eigenvalue weighted by atomic mass is 10.2. The highest BCUT2D eigenvalue weighted by molar-refractivity contribution is 5.57. The van der Waals surface area contributed by atoms with E-state index in [0.717, 1.165) is 56.2 Å². The van der Waals surface area contributed by atoms with Crippen LogP contribution in [-0.4, -0.2) is 52.6 Å². The number of nitrogens with one attached hydrogen (secondary N) is 1. The number of hydrogen-bond acceptors (Lipinski definition) is 5. The Morgan fingerprint density at radius 3 is 2.65 bits per heavy atom. The van der Waals surface area contributed by atoms with Gasteiger partial charge in [0.05, 0.1) is 5.69 Å². The van der Waals surface area contributed by atoms with E-state index in [1.54, 1.807) is 12.4 Å². The molecule has 0 atom stereocenters. The molecule has 1 aliphatic rings. The Morgan fingerprint density at radius 2 is 1.85 bits per heavy atom. The number of aromatic nitrogens is 3. The molecular weight excluding hydrogens is 250 g/mol. The third kappa shape index (κ3) is 3.37. The molecular formula is C15H19N5. The van der Waals surface area contributed by atoms with Crippen LogP contribution in [0.2, 0.25) is 0 Å². The van der Waals surface area contributed by atoms with Gasteiger partial charge >= 0.3 is 0 Å². The van der Waals surface area contributed by atoms with Crippen molar-refractivity contribution >= 4 is 0 Å². The van der Waals surface area contributed by atoms with E-state index in [1.807, 2.05) is 24.4 Å². The van der Waals surface area contributed by atoms with Gasteiger partial charge in [-0.25, -0.2) is 9.97 Å². The fraction of sp³-hybridized carbons (Fsp3) is 0.400. The van der Waals surface area contributed by atoms with E-state index < -0.39 is 0 Å². The molecule has 20 heavy (non-hydrogen) atoms. The van der Waals surface area contributed by atoms with Crippen molar-refractivity contribution in [3.8, 4) is 11.3 Å². The summed E-state index contributed by atoms with van der Waals surface area (Å²) in [4.78, 5) is 15.5. The summed E-state index contributed by atoms with van der Waals surface area (Å²) in [6.45, 7) is 5.42. The van der Waals surface area contributed by atoms with Crippen LogP contribution < -0.4 is 5.32 Å². The van der Waals surface area contributed by atoms with E-state index in [4.69, 9.17) is 0 Å². The minimum absolute atomic E-state index is 0.902. The molecule has 0 radical (unpaired) electrons. The van der Waals surface area contributed by atoms with Crippen LogP contribution in [0, 0.1) is 0 Å². The van der Waals surface area contributed by atoms with Crippen molar-refractivity contribution in [2.24, 2.45) is 0 Å². The molecule has 1 fully saturated rings. The topological polar surface area (TPSA) is 53.9 Å². The Morgan fingerprint density at radius 1 is 1.05 bits per heavy atom. The summed E-state index contributed by atoms with van der Waals surface area (Å²) in [5, 5.41) is 3.36. The van der Waals surface area contributed by atoms with Crippen molar-refractivity contribution in [3.63, 3.8) is 0 Å². The normalized spacial score (nSPS) is 16.2. The molecule has 2 aromatic rings. The van der Waals surface area contributed by atoms with Crippen LogP contribution in [0.1, 0.15) is 5.82 Å². The lowest BCUT2D eigenvalue weighted by Gasteiger charge is -2.26. The lowest BCUT2D eigenvalue weighted by molar-refractivity contribution is 0.242. The summed E-state index contributed by atoms with van der Waals surface area (Å²) in [7, 11) is 0. The first-order valence-corrected chi connectivity index (χ1v) is 7.07. The summed E-state index contributed by atoms with van der Waals surface area (Å²) < 4.78 is 0.